The molecule has 2 fully saturated rings. The van der Waals surface area contributed by atoms with Crippen LogP contribution >= 0.6 is 11.3 Å². The molecular formula is C12H15NOS. The highest BCUT2D eigenvalue weighted by Gasteiger charge is 2.36. The molecule has 2 atom stereocenters. The normalized spacial score (nSPS) is 29.5. The maximum absolute atomic E-state index is 10.6. The van der Waals surface area contributed by atoms with Gasteiger partial charge in [-0.05, 0) is 30.7 Å². The fourth-order valence-corrected chi connectivity index (χ4v) is 3.73. The third-order valence-corrected chi connectivity index (χ3v) is 4.66. The Hall–Kier alpha value is -0.830. The summed E-state index contributed by atoms with van der Waals surface area (Å²) in [5, 5.41) is 2.12. The summed E-state index contributed by atoms with van der Waals surface area (Å²) in [6.07, 6.45) is 5.19. The van der Waals surface area contributed by atoms with E-state index in [0.717, 1.165) is 23.0 Å². The molecule has 3 heteroatoms. The molecule has 1 aliphatic carbocycles. The molecule has 2 unspecified atom stereocenters. The zero-order chi connectivity index (χ0) is 10.3. The zero-order valence-electron chi connectivity index (χ0n) is 8.69. The zero-order valence-corrected chi connectivity index (χ0v) is 9.50. The summed E-state index contributed by atoms with van der Waals surface area (Å²) in [4.78, 5) is 13.9. The fourth-order valence-electron chi connectivity index (χ4n) is 3.02. The Morgan fingerprint density at radius 2 is 2.07 bits per heavy atom. The summed E-state index contributed by atoms with van der Waals surface area (Å²) in [6, 6.07) is 2.03. The van der Waals surface area contributed by atoms with Gasteiger partial charge in [0, 0.05) is 24.2 Å². The summed E-state index contributed by atoms with van der Waals surface area (Å²) in [6.45, 7) is 2.42. The maximum Gasteiger partial charge on any atom is 0.160 e. The summed E-state index contributed by atoms with van der Waals surface area (Å²) in [5.41, 5.74) is 1.26. The van der Waals surface area contributed by atoms with Gasteiger partial charge >= 0.3 is 0 Å². The van der Waals surface area contributed by atoms with Crippen molar-refractivity contribution in [3.8, 4) is 0 Å². The predicted molar refractivity (Wildman–Crippen MR) is 62.8 cm³/mol. The van der Waals surface area contributed by atoms with Gasteiger partial charge in [0.05, 0.1) is 4.88 Å². The molecule has 0 radical (unpaired) electrons. The highest BCUT2D eigenvalue weighted by molar-refractivity contribution is 7.12. The molecule has 1 saturated heterocycles. The highest BCUT2D eigenvalue weighted by atomic mass is 32.1. The van der Waals surface area contributed by atoms with E-state index in [2.05, 4.69) is 10.3 Å². The van der Waals surface area contributed by atoms with Crippen LogP contribution in [0.3, 0.4) is 0 Å². The molecule has 0 N–H and O–H groups in total. The van der Waals surface area contributed by atoms with E-state index in [4.69, 9.17) is 0 Å². The minimum absolute atomic E-state index is 0.849. The highest BCUT2D eigenvalue weighted by Crippen LogP contribution is 2.40. The number of carbonyl (C=O) groups is 1. The molecule has 0 amide bonds. The van der Waals surface area contributed by atoms with Gasteiger partial charge < -0.3 is 4.90 Å². The average Bonchev–Trinajstić information content (AvgIpc) is 2.91. The number of anilines is 1. The molecule has 2 aliphatic rings. The van der Waals surface area contributed by atoms with E-state index >= 15 is 0 Å². The maximum atomic E-state index is 10.6. The Kier molecular flexibility index (Phi) is 2.28. The van der Waals surface area contributed by atoms with Crippen LogP contribution in [0.15, 0.2) is 11.4 Å². The minimum Gasteiger partial charge on any atom is -0.370 e. The average molecular weight is 221 g/mol. The molecule has 0 aromatic carbocycles. The number of carbonyl (C=O) groups excluding carboxylic acids is 1. The fraction of sp³-hybridized carbons (Fsp3) is 0.583. The van der Waals surface area contributed by atoms with Crippen molar-refractivity contribution in [3.05, 3.63) is 16.3 Å². The first kappa shape index (κ1) is 9.40. The lowest BCUT2D eigenvalue weighted by Gasteiger charge is -2.17. The molecule has 1 aliphatic heterocycles. The Morgan fingerprint density at radius 3 is 2.67 bits per heavy atom. The molecule has 3 rings (SSSR count). The van der Waals surface area contributed by atoms with Crippen LogP contribution in [0, 0.1) is 11.8 Å². The van der Waals surface area contributed by atoms with Gasteiger partial charge in [-0.2, -0.15) is 0 Å². The van der Waals surface area contributed by atoms with Crippen molar-refractivity contribution in [3.63, 3.8) is 0 Å². The molecule has 2 heterocycles. The van der Waals surface area contributed by atoms with E-state index in [1.54, 1.807) is 11.3 Å². The van der Waals surface area contributed by atoms with Gasteiger partial charge in [-0.25, -0.2) is 0 Å². The van der Waals surface area contributed by atoms with Crippen molar-refractivity contribution >= 4 is 23.3 Å². The van der Waals surface area contributed by atoms with E-state index < -0.39 is 0 Å². The van der Waals surface area contributed by atoms with Gasteiger partial charge in [-0.3, -0.25) is 4.79 Å². The first-order valence-electron chi connectivity index (χ1n) is 5.65. The molecule has 0 spiro atoms. The van der Waals surface area contributed by atoms with Gasteiger partial charge in [0.2, 0.25) is 0 Å². The van der Waals surface area contributed by atoms with Crippen molar-refractivity contribution in [2.24, 2.45) is 11.8 Å². The number of aldehydes is 1. The minimum atomic E-state index is 0.849. The van der Waals surface area contributed by atoms with Crippen LogP contribution in [0.1, 0.15) is 28.9 Å². The predicted octanol–water partition coefficient (Wildman–Crippen LogP) is 2.80. The second-order valence-electron chi connectivity index (χ2n) is 4.68. The Morgan fingerprint density at radius 1 is 1.33 bits per heavy atom. The molecule has 15 heavy (non-hydrogen) atoms. The lowest BCUT2D eigenvalue weighted by Crippen LogP contribution is -2.19. The molecule has 1 aromatic rings. The van der Waals surface area contributed by atoms with Crippen LogP contribution in [-0.2, 0) is 0 Å². The van der Waals surface area contributed by atoms with Crippen LogP contribution in [0.2, 0.25) is 0 Å². The van der Waals surface area contributed by atoms with Crippen molar-refractivity contribution in [2.75, 3.05) is 18.0 Å². The summed E-state index contributed by atoms with van der Waals surface area (Å²) in [5.74, 6) is 1.84. The number of hydrogen-bond donors (Lipinski definition) is 0. The Labute approximate surface area is 93.9 Å². The van der Waals surface area contributed by atoms with Crippen LogP contribution in [0.4, 0.5) is 5.69 Å². The molecular weight excluding hydrogens is 206 g/mol. The monoisotopic (exact) mass is 221 g/mol. The summed E-state index contributed by atoms with van der Waals surface area (Å²) < 4.78 is 0. The van der Waals surface area contributed by atoms with Crippen LogP contribution in [-0.4, -0.2) is 19.4 Å². The van der Waals surface area contributed by atoms with Gasteiger partial charge in [0.25, 0.3) is 0 Å². The topological polar surface area (TPSA) is 20.3 Å². The van der Waals surface area contributed by atoms with Gasteiger partial charge in [0.1, 0.15) is 0 Å². The van der Waals surface area contributed by atoms with Crippen molar-refractivity contribution in [2.45, 2.75) is 19.3 Å². The largest absolute Gasteiger partial charge is 0.370 e. The number of fused-ring (bicyclic) bond motifs is 1. The molecule has 0 bridgehead atoms. The SMILES string of the molecule is O=Cc1cc(N2CC3CCCC3C2)cs1. The van der Waals surface area contributed by atoms with Crippen LogP contribution < -0.4 is 4.90 Å². The molecule has 80 valence electrons. The Balaban J connectivity index is 1.76. The van der Waals surface area contributed by atoms with E-state index in [-0.39, 0.29) is 0 Å². The number of thiophene rings is 1. The summed E-state index contributed by atoms with van der Waals surface area (Å²) >= 11 is 1.55. The van der Waals surface area contributed by atoms with Gasteiger partial charge in [-0.1, -0.05) is 6.42 Å². The van der Waals surface area contributed by atoms with Crippen molar-refractivity contribution in [1.82, 2.24) is 0 Å². The first-order valence-corrected chi connectivity index (χ1v) is 6.53. The molecule has 1 aromatic heterocycles. The standard InChI is InChI=1S/C12H15NOS/c14-7-12-4-11(8-15-12)13-5-9-2-1-3-10(9)6-13/h4,7-10H,1-3,5-6H2. The molecule has 2 nitrogen and oxygen atoms in total. The second kappa shape index (κ2) is 3.63. The number of rotatable bonds is 2. The second-order valence-corrected chi connectivity index (χ2v) is 5.62. The van der Waals surface area contributed by atoms with Crippen LogP contribution in [0.5, 0.6) is 0 Å². The number of hydrogen-bond acceptors (Lipinski definition) is 3. The van der Waals surface area contributed by atoms with Crippen LogP contribution in [0.25, 0.3) is 0 Å². The molecule has 1 saturated carbocycles. The Bertz CT molecular complexity index is 361. The van der Waals surface area contributed by atoms with E-state index in [9.17, 15) is 4.79 Å². The third kappa shape index (κ3) is 1.59. The lowest BCUT2D eigenvalue weighted by molar-refractivity contribution is 0.112. The van der Waals surface area contributed by atoms with Gasteiger partial charge in [0.15, 0.2) is 6.29 Å². The first-order chi connectivity index (χ1) is 7.36. The van der Waals surface area contributed by atoms with Crippen molar-refractivity contribution in [1.29, 1.82) is 0 Å². The summed E-state index contributed by atoms with van der Waals surface area (Å²) in [7, 11) is 0. The lowest BCUT2D eigenvalue weighted by atomic mass is 10.0. The van der Waals surface area contributed by atoms with E-state index in [1.165, 1.54) is 38.0 Å². The van der Waals surface area contributed by atoms with Crippen molar-refractivity contribution < 1.29 is 4.79 Å². The third-order valence-electron chi connectivity index (χ3n) is 3.81. The smallest absolute Gasteiger partial charge is 0.160 e. The number of nitrogens with zero attached hydrogens (tertiary/aromatic N) is 1. The van der Waals surface area contributed by atoms with E-state index in [0.29, 0.717) is 0 Å². The van der Waals surface area contributed by atoms with Gasteiger partial charge in [-0.15, -0.1) is 11.3 Å². The van der Waals surface area contributed by atoms with E-state index in [1.807, 2.05) is 6.07 Å². The quantitative estimate of drug-likeness (QED) is 0.716.